The normalized spacial score (nSPS) is 15.3. The van der Waals surface area contributed by atoms with Crippen molar-refractivity contribution in [2.24, 2.45) is 0 Å². The maximum atomic E-state index is 13.2. The highest BCUT2D eigenvalue weighted by Gasteiger charge is 2.37. The lowest BCUT2D eigenvalue weighted by molar-refractivity contribution is 0.0668. The van der Waals surface area contributed by atoms with Crippen molar-refractivity contribution < 1.29 is 4.79 Å². The molecule has 2 heterocycles. The van der Waals surface area contributed by atoms with Gasteiger partial charge in [-0.1, -0.05) is 23.7 Å². The van der Waals surface area contributed by atoms with Gasteiger partial charge in [-0.15, -0.1) is 0 Å². The largest absolute Gasteiger partial charge is 0.328 e. The number of carbonyl (C=O) groups is 1. The molecule has 0 aliphatic heterocycles. The SMILES string of the molecule is Cc1ccn2cc(C(=O)N(C3CC3)[C@@H](C)c3ccc(Cl)cc3)nc2c1. The summed E-state index contributed by atoms with van der Waals surface area (Å²) in [5, 5.41) is 0.705. The average molecular weight is 354 g/mol. The summed E-state index contributed by atoms with van der Waals surface area (Å²) in [6, 6.07) is 12.0. The first-order valence-corrected chi connectivity index (χ1v) is 8.94. The Morgan fingerprint density at radius 3 is 2.68 bits per heavy atom. The molecular formula is C20H20ClN3O. The third-order valence-corrected chi connectivity index (χ3v) is 5.03. The zero-order valence-corrected chi connectivity index (χ0v) is 15.1. The number of aromatic nitrogens is 2. The second kappa shape index (κ2) is 6.19. The van der Waals surface area contributed by atoms with Crippen molar-refractivity contribution in [3.05, 3.63) is 70.6 Å². The number of carbonyl (C=O) groups excluding carboxylic acids is 1. The van der Waals surface area contributed by atoms with E-state index < -0.39 is 0 Å². The Labute approximate surface area is 152 Å². The Kier molecular flexibility index (Phi) is 4.00. The van der Waals surface area contributed by atoms with Gasteiger partial charge in [-0.2, -0.15) is 0 Å². The van der Waals surface area contributed by atoms with Crippen LogP contribution in [0.1, 0.15) is 47.4 Å². The van der Waals surface area contributed by atoms with Gasteiger partial charge in [0.2, 0.25) is 0 Å². The molecule has 0 spiro atoms. The molecule has 4 nitrogen and oxygen atoms in total. The van der Waals surface area contributed by atoms with Crippen LogP contribution in [0, 0.1) is 6.92 Å². The lowest BCUT2D eigenvalue weighted by Crippen LogP contribution is -2.35. The number of pyridine rings is 1. The van der Waals surface area contributed by atoms with Crippen molar-refractivity contribution in [1.29, 1.82) is 0 Å². The molecule has 0 N–H and O–H groups in total. The zero-order valence-electron chi connectivity index (χ0n) is 14.3. The van der Waals surface area contributed by atoms with Crippen molar-refractivity contribution in [2.75, 3.05) is 0 Å². The number of halogens is 1. The molecule has 4 rings (SSSR count). The van der Waals surface area contributed by atoms with Gasteiger partial charge in [-0.3, -0.25) is 4.79 Å². The van der Waals surface area contributed by atoms with Crippen LogP contribution in [0.4, 0.5) is 0 Å². The van der Waals surface area contributed by atoms with Crippen molar-refractivity contribution >= 4 is 23.2 Å². The fraction of sp³-hybridized carbons (Fsp3) is 0.300. The molecular weight excluding hydrogens is 334 g/mol. The molecule has 1 atom stereocenters. The van der Waals surface area contributed by atoms with E-state index in [1.54, 1.807) is 0 Å². The first kappa shape index (κ1) is 16.2. The van der Waals surface area contributed by atoms with E-state index >= 15 is 0 Å². The van der Waals surface area contributed by atoms with Gasteiger partial charge < -0.3 is 9.30 Å². The quantitative estimate of drug-likeness (QED) is 0.684. The summed E-state index contributed by atoms with van der Waals surface area (Å²) in [6.45, 7) is 4.09. The Hall–Kier alpha value is -2.33. The topological polar surface area (TPSA) is 37.6 Å². The highest BCUT2D eigenvalue weighted by Crippen LogP contribution is 2.35. The van der Waals surface area contributed by atoms with E-state index in [4.69, 9.17) is 11.6 Å². The zero-order chi connectivity index (χ0) is 17.6. The molecule has 1 fully saturated rings. The molecule has 128 valence electrons. The Bertz CT molecular complexity index is 928. The van der Waals surface area contributed by atoms with Gasteiger partial charge >= 0.3 is 0 Å². The van der Waals surface area contributed by atoms with Crippen LogP contribution in [0.5, 0.6) is 0 Å². The fourth-order valence-corrected chi connectivity index (χ4v) is 3.36. The molecule has 1 aliphatic rings. The first-order valence-electron chi connectivity index (χ1n) is 8.56. The van der Waals surface area contributed by atoms with E-state index in [0.717, 1.165) is 29.6 Å². The summed E-state index contributed by atoms with van der Waals surface area (Å²) in [5.74, 6) is -0.00805. The number of nitrogens with zero attached hydrogens (tertiary/aromatic N) is 3. The lowest BCUT2D eigenvalue weighted by Gasteiger charge is -2.29. The van der Waals surface area contributed by atoms with E-state index in [2.05, 4.69) is 11.9 Å². The minimum Gasteiger partial charge on any atom is -0.328 e. The number of hydrogen-bond acceptors (Lipinski definition) is 2. The number of rotatable bonds is 4. The van der Waals surface area contributed by atoms with E-state index in [1.807, 2.05) is 65.0 Å². The molecule has 0 radical (unpaired) electrons. The molecule has 0 saturated heterocycles. The number of hydrogen-bond donors (Lipinski definition) is 0. The molecule has 3 aromatic rings. The Balaban J connectivity index is 1.67. The minimum absolute atomic E-state index is 0.00805. The highest BCUT2D eigenvalue weighted by molar-refractivity contribution is 6.30. The van der Waals surface area contributed by atoms with Crippen LogP contribution in [-0.4, -0.2) is 26.2 Å². The summed E-state index contributed by atoms with van der Waals surface area (Å²) in [4.78, 5) is 19.7. The predicted octanol–water partition coefficient (Wildman–Crippen LogP) is 4.66. The lowest BCUT2D eigenvalue weighted by atomic mass is 10.1. The summed E-state index contributed by atoms with van der Waals surface area (Å²) >= 11 is 5.99. The number of aryl methyl sites for hydroxylation is 1. The van der Waals surface area contributed by atoms with Gasteiger partial charge in [-0.05, 0) is 62.1 Å². The molecule has 1 aliphatic carbocycles. The van der Waals surface area contributed by atoms with Crippen LogP contribution in [0.2, 0.25) is 5.02 Å². The van der Waals surface area contributed by atoms with E-state index in [-0.39, 0.29) is 11.9 Å². The molecule has 0 bridgehead atoms. The van der Waals surface area contributed by atoms with Crippen LogP contribution in [0.3, 0.4) is 0 Å². The summed E-state index contributed by atoms with van der Waals surface area (Å²) in [7, 11) is 0. The van der Waals surface area contributed by atoms with Gasteiger partial charge in [0.15, 0.2) is 0 Å². The van der Waals surface area contributed by atoms with Gasteiger partial charge in [0.05, 0.1) is 6.04 Å². The van der Waals surface area contributed by atoms with Crippen molar-refractivity contribution in [3.8, 4) is 0 Å². The van der Waals surface area contributed by atoms with Gasteiger partial charge in [-0.25, -0.2) is 4.98 Å². The standard InChI is InChI=1S/C20H20ClN3O/c1-13-9-10-23-12-18(22-19(23)11-13)20(25)24(17-7-8-17)14(2)15-3-5-16(21)6-4-15/h3-6,9-12,14,17H,7-8H2,1-2H3/t14-/m0/s1. The summed E-state index contributed by atoms with van der Waals surface area (Å²) < 4.78 is 1.90. The monoisotopic (exact) mass is 353 g/mol. The molecule has 1 aromatic carbocycles. The maximum absolute atomic E-state index is 13.2. The van der Waals surface area contributed by atoms with Crippen molar-refractivity contribution in [2.45, 2.75) is 38.8 Å². The summed E-state index contributed by atoms with van der Waals surface area (Å²) in [6.07, 6.45) is 5.87. The molecule has 0 unspecified atom stereocenters. The summed E-state index contributed by atoms with van der Waals surface area (Å²) in [5.41, 5.74) is 3.52. The smallest absolute Gasteiger partial charge is 0.274 e. The second-order valence-electron chi connectivity index (χ2n) is 6.77. The highest BCUT2D eigenvalue weighted by atomic mass is 35.5. The van der Waals surface area contributed by atoms with Crippen LogP contribution in [0.25, 0.3) is 5.65 Å². The molecule has 5 heteroatoms. The fourth-order valence-electron chi connectivity index (χ4n) is 3.23. The number of imidazole rings is 1. The predicted molar refractivity (Wildman–Crippen MR) is 99.0 cm³/mol. The van der Waals surface area contributed by atoms with E-state index in [9.17, 15) is 4.79 Å². The van der Waals surface area contributed by atoms with Gasteiger partial charge in [0, 0.05) is 23.5 Å². The van der Waals surface area contributed by atoms with Gasteiger partial charge in [0.25, 0.3) is 5.91 Å². The molecule has 1 saturated carbocycles. The van der Waals surface area contributed by atoms with E-state index in [0.29, 0.717) is 16.8 Å². The second-order valence-corrected chi connectivity index (χ2v) is 7.20. The Morgan fingerprint density at radius 1 is 1.28 bits per heavy atom. The Morgan fingerprint density at radius 2 is 2.00 bits per heavy atom. The van der Waals surface area contributed by atoms with Gasteiger partial charge in [0.1, 0.15) is 11.3 Å². The minimum atomic E-state index is -0.0104. The first-order chi connectivity index (χ1) is 12.0. The van der Waals surface area contributed by atoms with Crippen LogP contribution >= 0.6 is 11.6 Å². The number of fused-ring (bicyclic) bond motifs is 1. The van der Waals surface area contributed by atoms with E-state index in [1.165, 1.54) is 0 Å². The maximum Gasteiger partial charge on any atom is 0.274 e. The van der Waals surface area contributed by atoms with Crippen LogP contribution in [0.15, 0.2) is 48.8 Å². The van der Waals surface area contributed by atoms with Crippen molar-refractivity contribution in [3.63, 3.8) is 0 Å². The molecule has 2 aromatic heterocycles. The average Bonchev–Trinajstić information content (AvgIpc) is 3.33. The molecule has 25 heavy (non-hydrogen) atoms. The van der Waals surface area contributed by atoms with Crippen LogP contribution < -0.4 is 0 Å². The third kappa shape index (κ3) is 3.14. The van der Waals surface area contributed by atoms with Crippen molar-refractivity contribution in [1.82, 2.24) is 14.3 Å². The third-order valence-electron chi connectivity index (χ3n) is 4.78. The van der Waals surface area contributed by atoms with Crippen LogP contribution in [-0.2, 0) is 0 Å². The molecule has 1 amide bonds. The number of benzene rings is 1. The number of amides is 1.